The van der Waals surface area contributed by atoms with Crippen LogP contribution < -0.4 is 16.0 Å². The molecule has 0 unspecified atom stereocenters. The average molecular weight is 549 g/mol. The number of carbonyl (C=O) groups is 3. The molecule has 2 aromatic carbocycles. The van der Waals surface area contributed by atoms with Crippen LogP contribution in [0.4, 0.5) is 23.7 Å². The Kier molecular flexibility index (Phi) is 10.3. The van der Waals surface area contributed by atoms with Crippen LogP contribution in [0.25, 0.3) is 0 Å². The highest BCUT2D eigenvalue weighted by Gasteiger charge is 2.35. The Labute approximate surface area is 226 Å². The summed E-state index contributed by atoms with van der Waals surface area (Å²) < 4.78 is 44.4. The number of para-hydroxylation sites is 1. The number of nitrogens with one attached hydrogen (secondary N) is 3. The average Bonchev–Trinajstić information content (AvgIpc) is 2.90. The van der Waals surface area contributed by atoms with Gasteiger partial charge in [-0.25, -0.2) is 4.79 Å². The zero-order chi connectivity index (χ0) is 28.6. The topological polar surface area (TPSA) is 99.8 Å². The number of nitrogens with zero attached hydrogens (tertiary/aromatic N) is 1. The third-order valence-corrected chi connectivity index (χ3v) is 7.00. The molecule has 11 heteroatoms. The van der Waals surface area contributed by atoms with E-state index in [1.165, 1.54) is 6.07 Å². The molecule has 0 aromatic heterocycles. The van der Waals surface area contributed by atoms with Gasteiger partial charge in [0.2, 0.25) is 5.91 Å². The number of hydrogen-bond acceptors (Lipinski definition) is 5. The summed E-state index contributed by atoms with van der Waals surface area (Å²) in [6.45, 7) is 3.88. The molecular formula is C28H35F3N4O4. The number of carbonyl (C=O) groups excluding carboxylic acids is 3. The van der Waals surface area contributed by atoms with Gasteiger partial charge in [-0.3, -0.25) is 14.9 Å². The quantitative estimate of drug-likeness (QED) is 0.423. The lowest BCUT2D eigenvalue weighted by atomic mass is 9.81. The third-order valence-electron chi connectivity index (χ3n) is 7.00. The minimum Gasteiger partial charge on any atom is -0.449 e. The maximum atomic E-state index is 13.0. The van der Waals surface area contributed by atoms with E-state index in [2.05, 4.69) is 34.7 Å². The number of benzene rings is 2. The fourth-order valence-corrected chi connectivity index (χ4v) is 4.62. The van der Waals surface area contributed by atoms with E-state index in [0.29, 0.717) is 24.6 Å². The van der Waals surface area contributed by atoms with E-state index in [4.69, 9.17) is 4.74 Å². The molecule has 0 spiro atoms. The second-order valence-corrected chi connectivity index (χ2v) is 10.0. The van der Waals surface area contributed by atoms with Crippen molar-refractivity contribution in [2.24, 2.45) is 5.92 Å². The van der Waals surface area contributed by atoms with Crippen molar-refractivity contribution in [1.82, 2.24) is 15.5 Å². The molecule has 212 valence electrons. The summed E-state index contributed by atoms with van der Waals surface area (Å²) in [6.07, 6.45) is -3.02. The van der Waals surface area contributed by atoms with E-state index < -0.39 is 36.2 Å². The molecular weight excluding hydrogens is 513 g/mol. The first-order valence-corrected chi connectivity index (χ1v) is 12.9. The molecule has 3 amide bonds. The monoisotopic (exact) mass is 548 g/mol. The lowest BCUT2D eigenvalue weighted by Crippen LogP contribution is -2.52. The van der Waals surface area contributed by atoms with Gasteiger partial charge < -0.3 is 20.3 Å². The predicted octanol–water partition coefficient (Wildman–Crippen LogP) is 4.68. The van der Waals surface area contributed by atoms with Crippen molar-refractivity contribution < 1.29 is 32.3 Å². The van der Waals surface area contributed by atoms with Gasteiger partial charge in [0.05, 0.1) is 18.7 Å². The third kappa shape index (κ3) is 8.98. The van der Waals surface area contributed by atoms with Crippen LogP contribution >= 0.6 is 0 Å². The molecule has 0 radical (unpaired) electrons. The Hall–Kier alpha value is -3.60. The number of rotatable bonds is 9. The second kappa shape index (κ2) is 13.5. The molecule has 0 aliphatic heterocycles. The lowest BCUT2D eigenvalue weighted by Gasteiger charge is -2.41. The number of hydrogen-bond donors (Lipinski definition) is 3. The normalized spacial score (nSPS) is 19.4. The molecule has 1 aliphatic rings. The zero-order valence-electron chi connectivity index (χ0n) is 22.3. The van der Waals surface area contributed by atoms with Crippen LogP contribution in [0.5, 0.6) is 0 Å². The first-order chi connectivity index (χ1) is 18.4. The van der Waals surface area contributed by atoms with Gasteiger partial charge in [0.15, 0.2) is 0 Å². The SMILES string of the molecule is CC(C)N(C)[C@@H]1CC[C@H](NC(=O)CNC(=O)c2cccc(C(F)(F)F)c2)[C@H](COC(=O)Nc2ccccc2)C1. The van der Waals surface area contributed by atoms with Gasteiger partial charge in [-0.1, -0.05) is 24.3 Å². The predicted molar refractivity (Wildman–Crippen MR) is 141 cm³/mol. The molecule has 2 aromatic rings. The summed E-state index contributed by atoms with van der Waals surface area (Å²) in [5, 5.41) is 7.96. The van der Waals surface area contributed by atoms with Crippen LogP contribution in [0.15, 0.2) is 54.6 Å². The Bertz CT molecular complexity index is 1130. The van der Waals surface area contributed by atoms with Crippen molar-refractivity contribution in [3.8, 4) is 0 Å². The van der Waals surface area contributed by atoms with Gasteiger partial charge in [-0.15, -0.1) is 0 Å². The smallest absolute Gasteiger partial charge is 0.416 e. The van der Waals surface area contributed by atoms with Crippen LogP contribution in [-0.4, -0.2) is 61.1 Å². The van der Waals surface area contributed by atoms with Crippen LogP contribution in [0.2, 0.25) is 0 Å². The Balaban J connectivity index is 1.58. The Morgan fingerprint density at radius 1 is 1.05 bits per heavy atom. The van der Waals surface area contributed by atoms with Crippen molar-refractivity contribution in [1.29, 1.82) is 0 Å². The van der Waals surface area contributed by atoms with Crippen LogP contribution in [0.3, 0.4) is 0 Å². The van der Waals surface area contributed by atoms with Crippen LogP contribution in [0.1, 0.15) is 49.0 Å². The highest BCUT2D eigenvalue weighted by atomic mass is 19.4. The molecule has 39 heavy (non-hydrogen) atoms. The molecule has 1 fully saturated rings. The molecule has 0 saturated heterocycles. The summed E-state index contributed by atoms with van der Waals surface area (Å²) in [4.78, 5) is 39.7. The number of anilines is 1. The van der Waals surface area contributed by atoms with Crippen molar-refractivity contribution in [2.75, 3.05) is 25.5 Å². The van der Waals surface area contributed by atoms with E-state index >= 15 is 0 Å². The fraction of sp³-hybridized carbons (Fsp3) is 0.464. The largest absolute Gasteiger partial charge is 0.449 e. The van der Waals surface area contributed by atoms with Crippen molar-refractivity contribution in [3.63, 3.8) is 0 Å². The van der Waals surface area contributed by atoms with Crippen molar-refractivity contribution in [2.45, 2.75) is 57.4 Å². The van der Waals surface area contributed by atoms with E-state index in [9.17, 15) is 27.6 Å². The second-order valence-electron chi connectivity index (χ2n) is 10.0. The summed E-state index contributed by atoms with van der Waals surface area (Å²) in [7, 11) is 2.04. The standard InChI is InChI=1S/C28H35F3N4O4/c1-18(2)35(3)23-12-13-24(20(15-23)17-39-27(38)33-22-10-5-4-6-11-22)34-25(36)16-32-26(37)19-8-7-9-21(14-19)28(29,30)31/h4-11,14,18,20,23-24H,12-13,15-17H2,1-3H3,(H,32,37)(H,33,38)(H,34,36)/t20-,23+,24-/m0/s1. The minimum absolute atomic E-state index is 0.0860. The Morgan fingerprint density at radius 2 is 1.77 bits per heavy atom. The molecule has 1 aliphatic carbocycles. The molecule has 3 rings (SSSR count). The summed E-state index contributed by atoms with van der Waals surface area (Å²) in [5.74, 6) is -1.43. The van der Waals surface area contributed by atoms with Gasteiger partial charge in [0, 0.05) is 35.3 Å². The first kappa shape index (κ1) is 29.9. The van der Waals surface area contributed by atoms with Gasteiger partial charge in [0.1, 0.15) is 0 Å². The molecule has 8 nitrogen and oxygen atoms in total. The van der Waals surface area contributed by atoms with E-state index in [1.54, 1.807) is 24.3 Å². The molecule has 3 N–H and O–H groups in total. The molecule has 0 heterocycles. The van der Waals surface area contributed by atoms with Crippen LogP contribution in [-0.2, 0) is 15.7 Å². The Morgan fingerprint density at radius 3 is 2.44 bits per heavy atom. The van der Waals surface area contributed by atoms with Gasteiger partial charge in [-0.05, 0) is 70.5 Å². The maximum Gasteiger partial charge on any atom is 0.416 e. The number of halogens is 3. The molecule has 0 bridgehead atoms. The summed E-state index contributed by atoms with van der Waals surface area (Å²) >= 11 is 0. The maximum absolute atomic E-state index is 13.0. The number of ether oxygens (including phenoxy) is 1. The van der Waals surface area contributed by atoms with Crippen LogP contribution in [0, 0.1) is 5.92 Å². The minimum atomic E-state index is -4.58. The lowest BCUT2D eigenvalue weighted by molar-refractivity contribution is -0.137. The zero-order valence-corrected chi connectivity index (χ0v) is 22.3. The van der Waals surface area contributed by atoms with Crippen molar-refractivity contribution in [3.05, 3.63) is 65.7 Å². The first-order valence-electron chi connectivity index (χ1n) is 12.9. The van der Waals surface area contributed by atoms with E-state index in [-0.39, 0.29) is 30.2 Å². The highest BCUT2D eigenvalue weighted by Crippen LogP contribution is 2.30. The van der Waals surface area contributed by atoms with Crippen molar-refractivity contribution >= 4 is 23.6 Å². The van der Waals surface area contributed by atoms with Gasteiger partial charge in [-0.2, -0.15) is 13.2 Å². The van der Waals surface area contributed by atoms with Gasteiger partial charge in [0.25, 0.3) is 5.91 Å². The van der Waals surface area contributed by atoms with E-state index in [1.807, 2.05) is 13.1 Å². The fourth-order valence-electron chi connectivity index (χ4n) is 4.62. The summed E-state index contributed by atoms with van der Waals surface area (Å²) in [6, 6.07) is 13.2. The highest BCUT2D eigenvalue weighted by molar-refractivity contribution is 5.96. The van der Waals surface area contributed by atoms with E-state index in [0.717, 1.165) is 24.6 Å². The molecule has 3 atom stereocenters. The number of alkyl halides is 3. The summed E-state index contributed by atoms with van der Waals surface area (Å²) in [5.41, 5.74) is -0.530. The molecule has 1 saturated carbocycles. The van der Waals surface area contributed by atoms with Gasteiger partial charge >= 0.3 is 12.3 Å². The number of amides is 3.